The second-order valence-electron chi connectivity index (χ2n) is 8.62. The Balaban J connectivity index is 1.34. The number of nitrogens with two attached hydrogens (primary N) is 1. The van der Waals surface area contributed by atoms with Gasteiger partial charge in [0, 0.05) is 5.41 Å². The first-order valence-electron chi connectivity index (χ1n) is 9.42. The van der Waals surface area contributed by atoms with E-state index < -0.39 is 0 Å². The van der Waals surface area contributed by atoms with Crippen LogP contribution in [0.3, 0.4) is 0 Å². The van der Waals surface area contributed by atoms with Crippen LogP contribution in [-0.2, 0) is 4.79 Å². The molecular formula is C20H28FN2O+. The molecule has 0 aromatic heterocycles. The lowest BCUT2D eigenvalue weighted by atomic mass is 9.49. The molecule has 0 heterocycles. The number of halogens is 1. The lowest BCUT2D eigenvalue weighted by molar-refractivity contribution is -0.686. The molecule has 0 unspecified atom stereocenters. The monoisotopic (exact) mass is 331 g/mol. The number of carbonyl (C=O) groups is 1. The van der Waals surface area contributed by atoms with Crippen LogP contribution in [0.2, 0.25) is 0 Å². The molecule has 3 nitrogen and oxygen atoms in total. The van der Waals surface area contributed by atoms with Gasteiger partial charge in [0.15, 0.2) is 6.04 Å². The van der Waals surface area contributed by atoms with E-state index in [-0.39, 0.29) is 23.5 Å². The van der Waals surface area contributed by atoms with E-state index in [2.05, 4.69) is 10.6 Å². The van der Waals surface area contributed by atoms with Crippen LogP contribution in [0.4, 0.5) is 10.1 Å². The Kier molecular flexibility index (Phi) is 4.11. The summed E-state index contributed by atoms with van der Waals surface area (Å²) in [6.45, 7) is 2.97. The second-order valence-corrected chi connectivity index (χ2v) is 8.62. The van der Waals surface area contributed by atoms with Crippen LogP contribution in [0, 0.1) is 29.0 Å². The summed E-state index contributed by atoms with van der Waals surface area (Å²) in [6, 6.07) is 6.17. The predicted molar refractivity (Wildman–Crippen MR) is 91.9 cm³/mol. The van der Waals surface area contributed by atoms with Crippen molar-refractivity contribution in [2.24, 2.45) is 23.2 Å². The van der Waals surface area contributed by atoms with Crippen molar-refractivity contribution in [3.63, 3.8) is 0 Å². The Morgan fingerprint density at radius 1 is 1.21 bits per heavy atom. The molecule has 0 aliphatic heterocycles. The van der Waals surface area contributed by atoms with Crippen LogP contribution >= 0.6 is 0 Å². The Morgan fingerprint density at radius 3 is 2.38 bits per heavy atom. The van der Waals surface area contributed by atoms with Gasteiger partial charge in [-0.05, 0) is 75.3 Å². The van der Waals surface area contributed by atoms with Gasteiger partial charge in [-0.25, -0.2) is 4.39 Å². The fraction of sp³-hybridized carbons (Fsp3) is 0.650. The molecular weight excluding hydrogens is 303 g/mol. The summed E-state index contributed by atoms with van der Waals surface area (Å²) in [5, 5.41) is 4.91. The number of amides is 1. The maximum Gasteiger partial charge on any atom is 0.282 e. The highest BCUT2D eigenvalue weighted by atomic mass is 19.1. The molecule has 130 valence electrons. The number of rotatable bonds is 5. The lowest BCUT2D eigenvalue weighted by Crippen LogP contribution is -2.94. The first-order chi connectivity index (χ1) is 11.5. The number of anilines is 1. The fourth-order valence-corrected chi connectivity index (χ4v) is 5.88. The highest BCUT2D eigenvalue weighted by molar-refractivity contribution is 5.93. The molecule has 1 aromatic rings. The zero-order valence-corrected chi connectivity index (χ0v) is 14.4. The van der Waals surface area contributed by atoms with Crippen molar-refractivity contribution < 1.29 is 14.5 Å². The van der Waals surface area contributed by atoms with Gasteiger partial charge in [-0.15, -0.1) is 0 Å². The summed E-state index contributed by atoms with van der Waals surface area (Å²) in [4.78, 5) is 12.4. The van der Waals surface area contributed by atoms with Crippen molar-refractivity contribution in [1.29, 1.82) is 0 Å². The molecule has 4 aliphatic rings. The molecule has 1 atom stereocenters. The maximum atomic E-state index is 13.7. The molecule has 4 heteroatoms. The average Bonchev–Trinajstić information content (AvgIpc) is 2.53. The summed E-state index contributed by atoms with van der Waals surface area (Å²) in [5.74, 6) is 2.33. The summed E-state index contributed by atoms with van der Waals surface area (Å²) >= 11 is 0. The molecule has 1 aromatic carbocycles. The number of para-hydroxylation sites is 1. The third kappa shape index (κ3) is 3.08. The number of hydrogen-bond acceptors (Lipinski definition) is 1. The topological polar surface area (TPSA) is 45.7 Å². The Bertz CT molecular complexity index is 595. The molecule has 0 saturated heterocycles. The Morgan fingerprint density at radius 2 is 1.79 bits per heavy atom. The SMILES string of the molecule is C[C@H]([NH2+]CC12CC3CC(CC(C3)C1)C2)C(=O)Nc1ccccc1F. The molecule has 4 fully saturated rings. The van der Waals surface area contributed by atoms with E-state index >= 15 is 0 Å². The van der Waals surface area contributed by atoms with Crippen LogP contribution in [0.5, 0.6) is 0 Å². The van der Waals surface area contributed by atoms with Gasteiger partial charge in [-0.3, -0.25) is 4.79 Å². The van der Waals surface area contributed by atoms with Crippen LogP contribution in [-0.4, -0.2) is 18.5 Å². The standard InChI is InChI=1S/C20H27FN2O/c1-13(19(24)23-18-5-3-2-4-17(18)21)22-12-20-9-14-6-15(10-20)8-16(7-14)11-20/h2-5,13-16,22H,6-12H2,1H3,(H,23,24)/p+1/t13-,14?,15?,16?,20?/m0/s1. The highest BCUT2D eigenvalue weighted by Gasteiger charge is 2.51. The minimum atomic E-state index is -0.376. The molecule has 4 saturated carbocycles. The van der Waals surface area contributed by atoms with E-state index in [0.29, 0.717) is 5.41 Å². The predicted octanol–water partition coefficient (Wildman–Crippen LogP) is 2.93. The number of quaternary nitrogens is 1. The van der Waals surface area contributed by atoms with Gasteiger partial charge in [-0.1, -0.05) is 12.1 Å². The molecule has 4 aliphatic carbocycles. The second kappa shape index (κ2) is 6.14. The molecule has 24 heavy (non-hydrogen) atoms. The van der Waals surface area contributed by atoms with Gasteiger partial charge in [0.05, 0.1) is 12.2 Å². The van der Waals surface area contributed by atoms with Crippen LogP contribution < -0.4 is 10.6 Å². The average molecular weight is 331 g/mol. The highest BCUT2D eigenvalue weighted by Crippen LogP contribution is 2.59. The zero-order chi connectivity index (χ0) is 16.7. The molecule has 4 bridgehead atoms. The zero-order valence-electron chi connectivity index (χ0n) is 14.4. The third-order valence-electron chi connectivity index (χ3n) is 6.61. The van der Waals surface area contributed by atoms with Gasteiger partial charge >= 0.3 is 0 Å². The maximum absolute atomic E-state index is 13.7. The number of benzene rings is 1. The summed E-state index contributed by atoms with van der Waals surface area (Å²) in [7, 11) is 0. The minimum Gasteiger partial charge on any atom is -0.336 e. The van der Waals surface area contributed by atoms with E-state index in [0.717, 1.165) is 24.3 Å². The van der Waals surface area contributed by atoms with E-state index in [1.807, 2.05) is 6.92 Å². The van der Waals surface area contributed by atoms with Gasteiger partial charge in [-0.2, -0.15) is 0 Å². The number of nitrogens with one attached hydrogen (secondary N) is 1. The van der Waals surface area contributed by atoms with Crippen molar-refractivity contribution in [2.75, 3.05) is 11.9 Å². The van der Waals surface area contributed by atoms with Crippen molar-refractivity contribution in [3.8, 4) is 0 Å². The van der Waals surface area contributed by atoms with Gasteiger partial charge < -0.3 is 10.6 Å². The summed E-state index contributed by atoms with van der Waals surface area (Å²) < 4.78 is 13.7. The molecule has 5 rings (SSSR count). The van der Waals surface area contributed by atoms with Crippen LogP contribution in [0.15, 0.2) is 24.3 Å². The van der Waals surface area contributed by atoms with Crippen LogP contribution in [0.1, 0.15) is 45.4 Å². The summed E-state index contributed by atoms with van der Waals surface area (Å²) in [6.07, 6.45) is 8.42. The van der Waals surface area contributed by atoms with E-state index in [4.69, 9.17) is 0 Å². The fourth-order valence-electron chi connectivity index (χ4n) is 5.88. The number of carbonyl (C=O) groups excluding carboxylic acids is 1. The van der Waals surface area contributed by atoms with Crippen molar-refractivity contribution >= 4 is 11.6 Å². The van der Waals surface area contributed by atoms with Gasteiger partial charge in [0.1, 0.15) is 5.82 Å². The Hall–Kier alpha value is -1.42. The van der Waals surface area contributed by atoms with Gasteiger partial charge in [0.2, 0.25) is 0 Å². The van der Waals surface area contributed by atoms with Crippen molar-refractivity contribution in [2.45, 2.75) is 51.5 Å². The summed E-state index contributed by atoms with van der Waals surface area (Å²) in [5.41, 5.74) is 0.735. The normalized spacial score (nSPS) is 35.0. The molecule has 3 N–H and O–H groups in total. The Labute approximate surface area is 143 Å². The third-order valence-corrected chi connectivity index (χ3v) is 6.61. The molecule has 0 radical (unpaired) electrons. The first-order valence-corrected chi connectivity index (χ1v) is 9.42. The van der Waals surface area contributed by atoms with Crippen molar-refractivity contribution in [1.82, 2.24) is 0 Å². The minimum absolute atomic E-state index is 0.107. The van der Waals surface area contributed by atoms with Crippen molar-refractivity contribution in [3.05, 3.63) is 30.1 Å². The van der Waals surface area contributed by atoms with E-state index in [1.54, 1.807) is 18.2 Å². The van der Waals surface area contributed by atoms with Crippen LogP contribution in [0.25, 0.3) is 0 Å². The quantitative estimate of drug-likeness (QED) is 0.856. The van der Waals surface area contributed by atoms with E-state index in [9.17, 15) is 9.18 Å². The largest absolute Gasteiger partial charge is 0.336 e. The smallest absolute Gasteiger partial charge is 0.282 e. The van der Waals surface area contributed by atoms with Gasteiger partial charge in [0.25, 0.3) is 5.91 Å². The number of hydrogen-bond donors (Lipinski definition) is 2. The lowest BCUT2D eigenvalue weighted by Gasteiger charge is -2.56. The molecule has 0 spiro atoms. The first kappa shape index (κ1) is 16.1. The molecule has 1 amide bonds. The van der Waals surface area contributed by atoms with E-state index in [1.165, 1.54) is 44.6 Å².